The zero-order valence-corrected chi connectivity index (χ0v) is 13.3. The Balaban J connectivity index is 2.43. The minimum Gasteiger partial charge on any atom is -0.508 e. The summed E-state index contributed by atoms with van der Waals surface area (Å²) >= 11 is 0. The molecule has 0 radical (unpaired) electrons. The molecule has 1 aromatic rings. The molecular weight excluding hydrogens is 268 g/mol. The van der Waals surface area contributed by atoms with Gasteiger partial charge in [0.2, 0.25) is 5.91 Å². The number of amides is 1. The molecule has 1 atom stereocenters. The summed E-state index contributed by atoms with van der Waals surface area (Å²) in [6.45, 7) is 7.33. The van der Waals surface area contributed by atoms with E-state index in [1.54, 1.807) is 25.3 Å². The second-order valence-electron chi connectivity index (χ2n) is 5.55. The van der Waals surface area contributed by atoms with Crippen LogP contribution in [0.25, 0.3) is 0 Å². The molecule has 21 heavy (non-hydrogen) atoms. The third-order valence-electron chi connectivity index (χ3n) is 3.21. The number of carbonyl (C=O) groups is 1. The van der Waals surface area contributed by atoms with Crippen molar-refractivity contribution in [2.75, 3.05) is 20.2 Å². The van der Waals surface area contributed by atoms with Gasteiger partial charge in [-0.25, -0.2) is 0 Å². The van der Waals surface area contributed by atoms with Gasteiger partial charge < -0.3 is 20.5 Å². The third kappa shape index (κ3) is 6.04. The van der Waals surface area contributed by atoms with E-state index in [9.17, 15) is 9.90 Å². The molecule has 3 N–H and O–H groups in total. The van der Waals surface area contributed by atoms with E-state index in [1.807, 2.05) is 6.92 Å². The maximum absolute atomic E-state index is 11.6. The number of benzene rings is 1. The minimum atomic E-state index is -0.0574. The van der Waals surface area contributed by atoms with Gasteiger partial charge in [-0.2, -0.15) is 0 Å². The molecule has 0 heterocycles. The van der Waals surface area contributed by atoms with E-state index >= 15 is 0 Å². The Bertz CT molecular complexity index is 461. The minimum absolute atomic E-state index is 0.0401. The van der Waals surface area contributed by atoms with Crippen molar-refractivity contribution in [3.8, 4) is 11.5 Å². The van der Waals surface area contributed by atoms with Crippen molar-refractivity contribution >= 4 is 5.91 Å². The highest BCUT2D eigenvalue weighted by atomic mass is 16.5. The van der Waals surface area contributed by atoms with Gasteiger partial charge in [0, 0.05) is 31.1 Å². The van der Waals surface area contributed by atoms with Crippen molar-refractivity contribution in [1.82, 2.24) is 10.6 Å². The molecule has 0 spiro atoms. The smallest absolute Gasteiger partial charge is 0.221 e. The fourth-order valence-electron chi connectivity index (χ4n) is 1.92. The number of phenolic OH excluding ortho intramolecular Hbond substituents is 1. The molecule has 118 valence electrons. The molecule has 0 saturated heterocycles. The molecule has 1 aromatic carbocycles. The van der Waals surface area contributed by atoms with E-state index in [2.05, 4.69) is 24.5 Å². The average molecular weight is 294 g/mol. The average Bonchev–Trinajstić information content (AvgIpc) is 2.45. The zero-order valence-electron chi connectivity index (χ0n) is 13.3. The topological polar surface area (TPSA) is 70.6 Å². The summed E-state index contributed by atoms with van der Waals surface area (Å²) in [4.78, 5) is 11.6. The fraction of sp³-hybridized carbons (Fsp3) is 0.562. The standard InChI is InChI=1S/C16H26N2O3/c1-11(2)10-18-16(20)7-8-17-12(3)14-9-13(21-4)5-6-15(14)19/h5-6,9,11-12,17,19H,7-8,10H2,1-4H3,(H,18,20). The van der Waals surface area contributed by atoms with Gasteiger partial charge in [0.1, 0.15) is 11.5 Å². The van der Waals surface area contributed by atoms with Crippen molar-refractivity contribution < 1.29 is 14.6 Å². The summed E-state index contributed by atoms with van der Waals surface area (Å²) in [5.41, 5.74) is 0.761. The molecule has 0 saturated carbocycles. The molecule has 0 aromatic heterocycles. The Labute approximate surface area is 126 Å². The van der Waals surface area contributed by atoms with E-state index in [1.165, 1.54) is 0 Å². The van der Waals surface area contributed by atoms with E-state index in [-0.39, 0.29) is 17.7 Å². The normalized spacial score (nSPS) is 12.2. The molecule has 0 aliphatic carbocycles. The van der Waals surface area contributed by atoms with Crippen LogP contribution in [0, 0.1) is 5.92 Å². The van der Waals surface area contributed by atoms with Crippen LogP contribution in [0.15, 0.2) is 18.2 Å². The lowest BCUT2D eigenvalue weighted by atomic mass is 10.1. The maximum Gasteiger partial charge on any atom is 0.221 e. The molecule has 1 unspecified atom stereocenters. The van der Waals surface area contributed by atoms with Crippen molar-refractivity contribution in [3.05, 3.63) is 23.8 Å². The number of phenols is 1. The van der Waals surface area contributed by atoms with Crippen LogP contribution in [0.1, 0.15) is 38.8 Å². The number of methoxy groups -OCH3 is 1. The van der Waals surface area contributed by atoms with Gasteiger partial charge >= 0.3 is 0 Å². The van der Waals surface area contributed by atoms with E-state index in [4.69, 9.17) is 4.74 Å². The second kappa shape index (κ2) is 8.52. The molecular formula is C16H26N2O3. The maximum atomic E-state index is 11.6. The van der Waals surface area contributed by atoms with Crippen molar-refractivity contribution in [3.63, 3.8) is 0 Å². The van der Waals surface area contributed by atoms with Crippen LogP contribution >= 0.6 is 0 Å². The number of ether oxygens (including phenoxy) is 1. The highest BCUT2D eigenvalue weighted by Gasteiger charge is 2.12. The largest absolute Gasteiger partial charge is 0.508 e. The molecule has 1 rings (SSSR count). The van der Waals surface area contributed by atoms with Crippen LogP contribution in [-0.2, 0) is 4.79 Å². The molecule has 5 heteroatoms. The summed E-state index contributed by atoms with van der Waals surface area (Å²) in [6, 6.07) is 5.07. The summed E-state index contributed by atoms with van der Waals surface area (Å²) in [5.74, 6) is 1.42. The Morgan fingerprint density at radius 1 is 1.33 bits per heavy atom. The van der Waals surface area contributed by atoms with Crippen LogP contribution in [0.5, 0.6) is 11.5 Å². The van der Waals surface area contributed by atoms with Gasteiger partial charge in [-0.3, -0.25) is 4.79 Å². The van der Waals surface area contributed by atoms with Gasteiger partial charge in [0.15, 0.2) is 0 Å². The predicted octanol–water partition coefficient (Wildman–Crippen LogP) is 2.21. The van der Waals surface area contributed by atoms with Crippen LogP contribution in [0.4, 0.5) is 0 Å². The van der Waals surface area contributed by atoms with Crippen LogP contribution in [-0.4, -0.2) is 31.2 Å². The molecule has 1 amide bonds. The first-order valence-electron chi connectivity index (χ1n) is 7.31. The van der Waals surface area contributed by atoms with E-state index < -0.39 is 0 Å². The lowest BCUT2D eigenvalue weighted by Gasteiger charge is -2.16. The fourth-order valence-corrected chi connectivity index (χ4v) is 1.92. The van der Waals surface area contributed by atoms with Crippen molar-refractivity contribution in [2.24, 2.45) is 5.92 Å². The number of rotatable bonds is 8. The first kappa shape index (κ1) is 17.3. The van der Waals surface area contributed by atoms with Crippen molar-refractivity contribution in [1.29, 1.82) is 0 Å². The quantitative estimate of drug-likeness (QED) is 0.687. The Morgan fingerprint density at radius 2 is 2.05 bits per heavy atom. The zero-order chi connectivity index (χ0) is 15.8. The summed E-state index contributed by atoms with van der Waals surface area (Å²) in [6.07, 6.45) is 0.418. The summed E-state index contributed by atoms with van der Waals surface area (Å²) in [7, 11) is 1.59. The van der Waals surface area contributed by atoms with E-state index in [0.717, 1.165) is 5.56 Å². The molecule has 0 fully saturated rings. The number of nitrogens with one attached hydrogen (secondary N) is 2. The van der Waals surface area contributed by atoms with Gasteiger partial charge in [0.25, 0.3) is 0 Å². The number of aromatic hydroxyl groups is 1. The Kier molecular flexibility index (Phi) is 7.02. The molecule has 5 nitrogen and oxygen atoms in total. The molecule has 0 aliphatic rings. The molecule has 0 aliphatic heterocycles. The lowest BCUT2D eigenvalue weighted by Crippen LogP contribution is -2.31. The van der Waals surface area contributed by atoms with Crippen LogP contribution < -0.4 is 15.4 Å². The number of carbonyl (C=O) groups excluding carboxylic acids is 1. The van der Waals surface area contributed by atoms with Gasteiger partial charge in [-0.15, -0.1) is 0 Å². The number of hydrogen-bond donors (Lipinski definition) is 3. The number of hydrogen-bond acceptors (Lipinski definition) is 4. The highest BCUT2D eigenvalue weighted by Crippen LogP contribution is 2.28. The SMILES string of the molecule is COc1ccc(O)c(C(C)NCCC(=O)NCC(C)C)c1. The highest BCUT2D eigenvalue weighted by molar-refractivity contribution is 5.76. The van der Waals surface area contributed by atoms with Crippen LogP contribution in [0.3, 0.4) is 0 Å². The monoisotopic (exact) mass is 294 g/mol. The Morgan fingerprint density at radius 3 is 2.67 bits per heavy atom. The lowest BCUT2D eigenvalue weighted by molar-refractivity contribution is -0.121. The molecule has 0 bridgehead atoms. The summed E-state index contributed by atoms with van der Waals surface area (Å²) < 4.78 is 5.15. The van der Waals surface area contributed by atoms with Gasteiger partial charge in [-0.05, 0) is 31.0 Å². The van der Waals surface area contributed by atoms with E-state index in [0.29, 0.717) is 31.2 Å². The predicted molar refractivity (Wildman–Crippen MR) is 83.5 cm³/mol. The summed E-state index contributed by atoms with van der Waals surface area (Å²) in [5, 5.41) is 16.0. The van der Waals surface area contributed by atoms with Crippen LogP contribution in [0.2, 0.25) is 0 Å². The Hall–Kier alpha value is -1.75. The third-order valence-corrected chi connectivity index (χ3v) is 3.21. The van der Waals surface area contributed by atoms with Crippen molar-refractivity contribution in [2.45, 2.75) is 33.2 Å². The van der Waals surface area contributed by atoms with Gasteiger partial charge in [-0.1, -0.05) is 13.8 Å². The first-order chi connectivity index (χ1) is 9.93. The second-order valence-corrected chi connectivity index (χ2v) is 5.55. The van der Waals surface area contributed by atoms with Gasteiger partial charge in [0.05, 0.1) is 7.11 Å². The first-order valence-corrected chi connectivity index (χ1v) is 7.31.